The molecule has 1 fully saturated rings. The van der Waals surface area contributed by atoms with E-state index in [1.807, 2.05) is 12.1 Å². The molecule has 0 atom stereocenters. The fourth-order valence-electron chi connectivity index (χ4n) is 3.69. The zero-order valence-corrected chi connectivity index (χ0v) is 15.8. The van der Waals surface area contributed by atoms with Gasteiger partial charge in [-0.2, -0.15) is 0 Å². The molecule has 5 heteroatoms. The van der Waals surface area contributed by atoms with Crippen molar-refractivity contribution in [3.63, 3.8) is 0 Å². The molecule has 0 heterocycles. The van der Waals surface area contributed by atoms with Crippen molar-refractivity contribution in [2.24, 2.45) is 0 Å². The van der Waals surface area contributed by atoms with Gasteiger partial charge in [-0.1, -0.05) is 37.5 Å². The monoisotopic (exact) mass is 367 g/mol. The zero-order valence-electron chi connectivity index (χ0n) is 15.8. The lowest BCUT2D eigenvalue weighted by molar-refractivity contribution is 0.0556. The molecule has 1 aliphatic carbocycles. The van der Waals surface area contributed by atoms with Crippen LogP contribution in [0.4, 0.5) is 11.4 Å². The molecule has 0 spiro atoms. The van der Waals surface area contributed by atoms with Gasteiger partial charge in [-0.25, -0.2) is 9.59 Å². The van der Waals surface area contributed by atoms with Crippen LogP contribution in [-0.2, 0) is 9.47 Å². The molecule has 0 unspecified atom stereocenters. The number of hydrogen-bond donors (Lipinski definition) is 1. The van der Waals surface area contributed by atoms with E-state index >= 15 is 0 Å². The Morgan fingerprint density at radius 3 is 2.19 bits per heavy atom. The zero-order chi connectivity index (χ0) is 19.2. The van der Waals surface area contributed by atoms with Crippen LogP contribution in [-0.4, -0.2) is 26.2 Å². The van der Waals surface area contributed by atoms with Crippen LogP contribution in [0.3, 0.4) is 0 Å². The van der Waals surface area contributed by atoms with Gasteiger partial charge >= 0.3 is 11.9 Å². The van der Waals surface area contributed by atoms with E-state index in [4.69, 9.17) is 9.47 Å². The lowest BCUT2D eigenvalue weighted by Gasteiger charge is -2.22. The molecule has 0 saturated heterocycles. The molecule has 5 nitrogen and oxygen atoms in total. The third kappa shape index (κ3) is 4.30. The van der Waals surface area contributed by atoms with Crippen molar-refractivity contribution in [3.05, 3.63) is 59.2 Å². The van der Waals surface area contributed by atoms with E-state index in [1.165, 1.54) is 51.9 Å². The van der Waals surface area contributed by atoms with E-state index in [0.717, 1.165) is 5.69 Å². The molecule has 0 aromatic heterocycles. The first-order chi connectivity index (χ1) is 13.1. The van der Waals surface area contributed by atoms with E-state index in [0.29, 0.717) is 11.6 Å². The topological polar surface area (TPSA) is 64.6 Å². The molecular weight excluding hydrogens is 342 g/mol. The predicted octanol–water partition coefficient (Wildman–Crippen LogP) is 5.05. The highest BCUT2D eigenvalue weighted by molar-refractivity contribution is 6.07. The minimum atomic E-state index is -0.586. The lowest BCUT2D eigenvalue weighted by Crippen LogP contribution is -2.14. The standard InChI is InChI=1S/C22H25NO4/c1-26-21(24)18-9-6-10-19(20(18)22(25)27-2)23-17-13-11-16(12-14-17)15-7-4-3-5-8-15/h6,9-15,23H,3-5,7-8H2,1-2H3. The molecule has 0 amide bonds. The molecule has 27 heavy (non-hydrogen) atoms. The van der Waals surface area contributed by atoms with Gasteiger partial charge in [-0.3, -0.25) is 0 Å². The van der Waals surface area contributed by atoms with E-state index in [2.05, 4.69) is 17.4 Å². The van der Waals surface area contributed by atoms with E-state index in [9.17, 15) is 9.59 Å². The average Bonchev–Trinajstić information content (AvgIpc) is 2.73. The van der Waals surface area contributed by atoms with Gasteiger partial charge in [0, 0.05) is 5.69 Å². The average molecular weight is 367 g/mol. The summed E-state index contributed by atoms with van der Waals surface area (Å²) in [6.45, 7) is 0. The van der Waals surface area contributed by atoms with Crippen molar-refractivity contribution in [2.45, 2.75) is 38.0 Å². The van der Waals surface area contributed by atoms with Crippen LogP contribution in [0.5, 0.6) is 0 Å². The van der Waals surface area contributed by atoms with Crippen molar-refractivity contribution >= 4 is 23.3 Å². The van der Waals surface area contributed by atoms with Crippen LogP contribution in [0.15, 0.2) is 42.5 Å². The Morgan fingerprint density at radius 2 is 1.56 bits per heavy atom. The molecule has 0 radical (unpaired) electrons. The Bertz CT molecular complexity index is 808. The lowest BCUT2D eigenvalue weighted by atomic mass is 9.84. The molecule has 0 bridgehead atoms. The number of nitrogens with one attached hydrogen (secondary N) is 1. The van der Waals surface area contributed by atoms with Gasteiger partial charge in [0.05, 0.1) is 31.0 Å². The van der Waals surface area contributed by atoms with Crippen LogP contribution < -0.4 is 5.32 Å². The van der Waals surface area contributed by atoms with Crippen molar-refractivity contribution in [2.75, 3.05) is 19.5 Å². The summed E-state index contributed by atoms with van der Waals surface area (Å²) in [5, 5.41) is 3.23. The maximum atomic E-state index is 12.3. The second-order valence-corrected chi connectivity index (χ2v) is 6.79. The third-order valence-electron chi connectivity index (χ3n) is 5.13. The number of esters is 2. The molecule has 2 aromatic rings. The Hall–Kier alpha value is -2.82. The quantitative estimate of drug-likeness (QED) is 0.749. The predicted molar refractivity (Wildman–Crippen MR) is 105 cm³/mol. The summed E-state index contributed by atoms with van der Waals surface area (Å²) in [7, 11) is 2.58. The Labute approximate surface area is 159 Å². The van der Waals surface area contributed by atoms with Crippen molar-refractivity contribution in [1.82, 2.24) is 0 Å². The molecule has 3 rings (SSSR count). The number of benzene rings is 2. The van der Waals surface area contributed by atoms with Crippen molar-refractivity contribution in [3.8, 4) is 0 Å². The third-order valence-corrected chi connectivity index (χ3v) is 5.13. The maximum absolute atomic E-state index is 12.3. The summed E-state index contributed by atoms with van der Waals surface area (Å²) in [5.74, 6) is -0.523. The fourth-order valence-corrected chi connectivity index (χ4v) is 3.69. The minimum Gasteiger partial charge on any atom is -0.465 e. The summed E-state index contributed by atoms with van der Waals surface area (Å²) in [6, 6.07) is 13.3. The molecule has 1 aliphatic rings. The summed E-state index contributed by atoms with van der Waals surface area (Å²) < 4.78 is 9.65. The number of methoxy groups -OCH3 is 2. The normalized spacial score (nSPS) is 14.4. The smallest absolute Gasteiger partial charge is 0.340 e. The highest BCUT2D eigenvalue weighted by atomic mass is 16.5. The van der Waals surface area contributed by atoms with Gasteiger partial charge in [0.2, 0.25) is 0 Å². The highest BCUT2D eigenvalue weighted by Gasteiger charge is 2.22. The number of carbonyl (C=O) groups excluding carboxylic acids is 2. The molecule has 2 aromatic carbocycles. The minimum absolute atomic E-state index is 0.170. The number of rotatable bonds is 5. The Kier molecular flexibility index (Phi) is 6.12. The first kappa shape index (κ1) is 19.0. The van der Waals surface area contributed by atoms with Crippen LogP contribution >= 0.6 is 0 Å². The molecule has 0 aliphatic heterocycles. The SMILES string of the molecule is COC(=O)c1cccc(Nc2ccc(C3CCCCC3)cc2)c1C(=O)OC. The number of hydrogen-bond acceptors (Lipinski definition) is 5. The molecule has 142 valence electrons. The molecule has 1 N–H and O–H groups in total. The van der Waals surface area contributed by atoms with Gasteiger partial charge in [0.1, 0.15) is 0 Å². The Balaban J connectivity index is 1.86. The number of anilines is 2. The summed E-state index contributed by atoms with van der Waals surface area (Å²) in [4.78, 5) is 24.3. The van der Waals surface area contributed by atoms with Gasteiger partial charge in [0.15, 0.2) is 0 Å². The van der Waals surface area contributed by atoms with Crippen LogP contribution in [0, 0.1) is 0 Å². The van der Waals surface area contributed by atoms with Gasteiger partial charge in [0.25, 0.3) is 0 Å². The van der Waals surface area contributed by atoms with Gasteiger partial charge in [-0.15, -0.1) is 0 Å². The highest BCUT2D eigenvalue weighted by Crippen LogP contribution is 2.33. The molecular formula is C22H25NO4. The second-order valence-electron chi connectivity index (χ2n) is 6.79. The van der Waals surface area contributed by atoms with Crippen LogP contribution in [0.2, 0.25) is 0 Å². The van der Waals surface area contributed by atoms with Crippen LogP contribution in [0.1, 0.15) is 64.3 Å². The number of carbonyl (C=O) groups is 2. The fraction of sp³-hybridized carbons (Fsp3) is 0.364. The largest absolute Gasteiger partial charge is 0.465 e. The summed E-state index contributed by atoms with van der Waals surface area (Å²) in [5.41, 5.74) is 3.06. The van der Waals surface area contributed by atoms with E-state index in [-0.39, 0.29) is 11.1 Å². The second kappa shape index (κ2) is 8.71. The summed E-state index contributed by atoms with van der Waals surface area (Å²) in [6.07, 6.45) is 6.44. The molecule has 1 saturated carbocycles. The van der Waals surface area contributed by atoms with E-state index < -0.39 is 11.9 Å². The summed E-state index contributed by atoms with van der Waals surface area (Å²) >= 11 is 0. The first-order valence-electron chi connectivity index (χ1n) is 9.30. The Morgan fingerprint density at radius 1 is 0.889 bits per heavy atom. The van der Waals surface area contributed by atoms with Gasteiger partial charge in [-0.05, 0) is 48.6 Å². The maximum Gasteiger partial charge on any atom is 0.340 e. The van der Waals surface area contributed by atoms with Crippen molar-refractivity contribution in [1.29, 1.82) is 0 Å². The van der Waals surface area contributed by atoms with Gasteiger partial charge < -0.3 is 14.8 Å². The van der Waals surface area contributed by atoms with E-state index in [1.54, 1.807) is 18.2 Å². The number of ether oxygens (including phenoxy) is 2. The van der Waals surface area contributed by atoms with Crippen molar-refractivity contribution < 1.29 is 19.1 Å². The van der Waals surface area contributed by atoms with Crippen LogP contribution in [0.25, 0.3) is 0 Å². The first-order valence-corrected chi connectivity index (χ1v) is 9.30.